The van der Waals surface area contributed by atoms with Crippen molar-refractivity contribution in [3.8, 4) is 0 Å². The summed E-state index contributed by atoms with van der Waals surface area (Å²) in [5, 5.41) is 4.62. The minimum Gasteiger partial charge on any atom is -0.260 e. The van der Waals surface area contributed by atoms with Crippen LogP contribution in [0.15, 0.2) is 35.6 Å². The van der Waals surface area contributed by atoms with Crippen LogP contribution in [-0.4, -0.2) is 10.6 Å². The van der Waals surface area contributed by atoms with E-state index in [-0.39, 0.29) is 0 Å². The zero-order chi connectivity index (χ0) is 10.7. The summed E-state index contributed by atoms with van der Waals surface area (Å²) in [7, 11) is 0. The van der Waals surface area contributed by atoms with E-state index >= 15 is 0 Å². The molecule has 0 saturated heterocycles. The van der Waals surface area contributed by atoms with Crippen molar-refractivity contribution in [3.63, 3.8) is 0 Å². The maximum atomic E-state index is 8.19. The number of para-hydroxylation sites is 1. The van der Waals surface area contributed by atoms with Gasteiger partial charge in [0.2, 0.25) is 0 Å². The highest BCUT2D eigenvalue weighted by Crippen LogP contribution is 2.22. The highest BCUT2D eigenvalue weighted by molar-refractivity contribution is 6.19. The zero-order valence-corrected chi connectivity index (χ0v) is 8.72. The second kappa shape index (κ2) is 4.26. The molecule has 1 aromatic carbocycles. The summed E-state index contributed by atoms with van der Waals surface area (Å²) in [5.41, 5.74) is 10.3. The van der Waals surface area contributed by atoms with Gasteiger partial charge in [-0.15, -0.1) is 0 Å². The number of benzene rings is 1. The smallest absolute Gasteiger partial charge is 0.0650 e. The molecule has 1 aromatic heterocycles. The van der Waals surface area contributed by atoms with Crippen molar-refractivity contribution in [2.45, 2.75) is 6.42 Å². The van der Waals surface area contributed by atoms with Crippen molar-refractivity contribution < 1.29 is 0 Å². The lowest BCUT2D eigenvalue weighted by atomic mass is 10.1. The van der Waals surface area contributed by atoms with Gasteiger partial charge in [0, 0.05) is 34.8 Å². The number of nitrogens with zero attached hydrogens (tertiary/aromatic N) is 4. The van der Waals surface area contributed by atoms with Gasteiger partial charge >= 0.3 is 0 Å². The molecule has 4 nitrogen and oxygen atoms in total. The minimum absolute atomic E-state index is 0.460. The van der Waals surface area contributed by atoms with Gasteiger partial charge in [-0.3, -0.25) is 4.09 Å². The Bertz CT molecular complexity index is 525. The van der Waals surface area contributed by atoms with Crippen molar-refractivity contribution in [1.82, 2.24) is 4.09 Å². The minimum atomic E-state index is 0.460. The van der Waals surface area contributed by atoms with Crippen LogP contribution in [0.4, 0.5) is 0 Å². The van der Waals surface area contributed by atoms with Crippen LogP contribution in [0, 0.1) is 0 Å². The van der Waals surface area contributed by atoms with E-state index in [1.54, 1.807) is 4.09 Å². The molecule has 5 heteroatoms. The van der Waals surface area contributed by atoms with E-state index in [9.17, 15) is 0 Å². The molecule has 2 rings (SSSR count). The van der Waals surface area contributed by atoms with Crippen LogP contribution in [0.5, 0.6) is 0 Å². The SMILES string of the molecule is [N-]=[N+]=NCCc1cn(Cl)c2ccccc12. The predicted molar refractivity (Wildman–Crippen MR) is 60.9 cm³/mol. The average molecular weight is 221 g/mol. The number of hydrogen-bond acceptors (Lipinski definition) is 1. The molecule has 0 aliphatic carbocycles. The fraction of sp³-hybridized carbons (Fsp3) is 0.200. The summed E-state index contributed by atoms with van der Waals surface area (Å²) < 4.78 is 1.57. The van der Waals surface area contributed by atoms with E-state index in [0.29, 0.717) is 13.0 Å². The highest BCUT2D eigenvalue weighted by Gasteiger charge is 2.05. The summed E-state index contributed by atoms with van der Waals surface area (Å²) in [5.74, 6) is 0. The molecule has 15 heavy (non-hydrogen) atoms. The highest BCUT2D eigenvalue weighted by atomic mass is 35.5. The van der Waals surface area contributed by atoms with E-state index in [0.717, 1.165) is 16.5 Å². The third-order valence-electron chi connectivity index (χ3n) is 2.29. The summed E-state index contributed by atoms with van der Waals surface area (Å²) in [4.78, 5) is 2.72. The maximum absolute atomic E-state index is 8.19. The van der Waals surface area contributed by atoms with E-state index in [1.165, 1.54) is 0 Å². The van der Waals surface area contributed by atoms with Crippen LogP contribution in [0.3, 0.4) is 0 Å². The van der Waals surface area contributed by atoms with E-state index in [4.69, 9.17) is 17.3 Å². The van der Waals surface area contributed by atoms with Crippen molar-refractivity contribution in [2.75, 3.05) is 6.54 Å². The molecule has 0 saturated carbocycles. The van der Waals surface area contributed by atoms with Crippen LogP contribution < -0.4 is 0 Å². The molecule has 76 valence electrons. The molecule has 0 fully saturated rings. The molecule has 0 spiro atoms. The number of hydrogen-bond donors (Lipinski definition) is 0. The molecule has 0 aliphatic rings. The Morgan fingerprint density at radius 2 is 2.20 bits per heavy atom. The molecule has 0 aliphatic heterocycles. The number of fused-ring (bicyclic) bond motifs is 1. The van der Waals surface area contributed by atoms with Crippen LogP contribution in [0.2, 0.25) is 0 Å². The first-order valence-corrected chi connectivity index (χ1v) is 4.92. The van der Waals surface area contributed by atoms with E-state index in [1.807, 2.05) is 30.5 Å². The van der Waals surface area contributed by atoms with Gasteiger partial charge in [-0.2, -0.15) is 0 Å². The van der Waals surface area contributed by atoms with Crippen LogP contribution >= 0.6 is 11.8 Å². The first-order chi connectivity index (χ1) is 7.33. The molecule has 0 amide bonds. The summed E-state index contributed by atoms with van der Waals surface area (Å²) in [6.45, 7) is 0.460. The largest absolute Gasteiger partial charge is 0.260 e. The fourth-order valence-corrected chi connectivity index (χ4v) is 1.89. The van der Waals surface area contributed by atoms with Gasteiger partial charge in [-0.1, -0.05) is 23.3 Å². The van der Waals surface area contributed by atoms with Gasteiger partial charge in [0.25, 0.3) is 0 Å². The number of azide groups is 1. The van der Waals surface area contributed by atoms with Crippen LogP contribution in [-0.2, 0) is 6.42 Å². The Kier molecular flexibility index (Phi) is 2.81. The van der Waals surface area contributed by atoms with Gasteiger partial charge in [-0.05, 0) is 23.6 Å². The lowest BCUT2D eigenvalue weighted by Gasteiger charge is -1.93. The van der Waals surface area contributed by atoms with Gasteiger partial charge in [0.05, 0.1) is 5.52 Å². The maximum Gasteiger partial charge on any atom is 0.0650 e. The van der Waals surface area contributed by atoms with Gasteiger partial charge in [0.1, 0.15) is 0 Å². The Morgan fingerprint density at radius 3 is 3.00 bits per heavy atom. The summed E-state index contributed by atoms with van der Waals surface area (Å²) in [6, 6.07) is 7.88. The lowest BCUT2D eigenvalue weighted by Crippen LogP contribution is -1.85. The first kappa shape index (κ1) is 9.90. The number of halogens is 1. The Balaban J connectivity index is 2.39. The third-order valence-corrected chi connectivity index (χ3v) is 2.57. The summed E-state index contributed by atoms with van der Waals surface area (Å²) in [6.07, 6.45) is 2.57. The lowest BCUT2D eigenvalue weighted by molar-refractivity contribution is 0.961. The number of aromatic nitrogens is 1. The molecule has 0 atom stereocenters. The number of rotatable bonds is 3. The van der Waals surface area contributed by atoms with E-state index in [2.05, 4.69) is 10.0 Å². The van der Waals surface area contributed by atoms with Crippen LogP contribution in [0.1, 0.15) is 5.56 Å². The molecular formula is C10H9ClN4. The first-order valence-electron chi connectivity index (χ1n) is 4.59. The Hall–Kier alpha value is -1.64. The molecule has 2 aromatic rings. The van der Waals surface area contributed by atoms with Gasteiger partial charge in [-0.25, -0.2) is 0 Å². The monoisotopic (exact) mass is 220 g/mol. The van der Waals surface area contributed by atoms with E-state index < -0.39 is 0 Å². The van der Waals surface area contributed by atoms with Crippen molar-refractivity contribution in [3.05, 3.63) is 46.5 Å². The second-order valence-corrected chi connectivity index (χ2v) is 3.55. The fourth-order valence-electron chi connectivity index (χ4n) is 1.62. The summed E-state index contributed by atoms with van der Waals surface area (Å²) >= 11 is 6.00. The zero-order valence-electron chi connectivity index (χ0n) is 7.97. The Morgan fingerprint density at radius 1 is 1.40 bits per heavy atom. The van der Waals surface area contributed by atoms with Gasteiger partial charge in [0.15, 0.2) is 0 Å². The van der Waals surface area contributed by atoms with Crippen molar-refractivity contribution in [1.29, 1.82) is 0 Å². The molecule has 0 bridgehead atoms. The normalized spacial score (nSPS) is 10.2. The second-order valence-electron chi connectivity index (χ2n) is 3.19. The molecular weight excluding hydrogens is 212 g/mol. The standard InChI is InChI=1S/C10H9ClN4/c11-15-7-8(5-6-13-14-12)9-3-1-2-4-10(9)15/h1-4,7H,5-6H2. The average Bonchev–Trinajstić information content (AvgIpc) is 2.58. The Labute approximate surface area is 91.8 Å². The quantitative estimate of drug-likeness (QED) is 0.432. The van der Waals surface area contributed by atoms with Crippen molar-refractivity contribution in [2.24, 2.45) is 5.11 Å². The van der Waals surface area contributed by atoms with Crippen molar-refractivity contribution >= 4 is 22.7 Å². The predicted octanol–water partition coefficient (Wildman–Crippen LogP) is 3.50. The van der Waals surface area contributed by atoms with Gasteiger partial charge < -0.3 is 0 Å². The molecule has 0 N–H and O–H groups in total. The molecule has 0 radical (unpaired) electrons. The topological polar surface area (TPSA) is 53.7 Å². The molecule has 1 heterocycles. The third kappa shape index (κ3) is 1.91. The van der Waals surface area contributed by atoms with Crippen LogP contribution in [0.25, 0.3) is 21.3 Å². The molecule has 0 unspecified atom stereocenters.